The first-order chi connectivity index (χ1) is 10.1. The van der Waals surface area contributed by atoms with Crippen molar-refractivity contribution in [2.75, 3.05) is 5.32 Å². The van der Waals surface area contributed by atoms with E-state index in [-0.39, 0.29) is 16.7 Å². The van der Waals surface area contributed by atoms with Crippen LogP contribution in [0.1, 0.15) is 18.5 Å². The Bertz CT molecular complexity index is 778. The van der Waals surface area contributed by atoms with Gasteiger partial charge in [-0.15, -0.1) is 0 Å². The van der Waals surface area contributed by atoms with E-state index in [0.29, 0.717) is 0 Å². The highest BCUT2D eigenvalue weighted by Gasteiger charge is 2.09. The van der Waals surface area contributed by atoms with Crippen LogP contribution in [0.5, 0.6) is 0 Å². The van der Waals surface area contributed by atoms with Crippen molar-refractivity contribution in [2.45, 2.75) is 13.0 Å². The van der Waals surface area contributed by atoms with Gasteiger partial charge in [-0.3, -0.25) is 10.1 Å². The maximum absolute atomic E-state index is 10.7. The summed E-state index contributed by atoms with van der Waals surface area (Å²) in [6, 6.07) is 14.8. The van der Waals surface area contributed by atoms with Crippen LogP contribution in [-0.4, -0.2) is 9.91 Å². The van der Waals surface area contributed by atoms with E-state index in [9.17, 15) is 10.1 Å². The molecule has 0 spiro atoms. The van der Waals surface area contributed by atoms with Gasteiger partial charge in [0.15, 0.2) is 0 Å². The fourth-order valence-electron chi connectivity index (χ4n) is 2.36. The van der Waals surface area contributed by atoms with Gasteiger partial charge in [-0.25, -0.2) is 0 Å². The monoisotopic (exact) mass is 281 g/mol. The van der Waals surface area contributed by atoms with Gasteiger partial charge in [0.1, 0.15) is 0 Å². The van der Waals surface area contributed by atoms with E-state index >= 15 is 0 Å². The summed E-state index contributed by atoms with van der Waals surface area (Å²) in [5, 5.41) is 15.2. The number of hydrogen-bond acceptors (Lipinski definition) is 3. The van der Waals surface area contributed by atoms with Crippen LogP contribution in [0.2, 0.25) is 0 Å². The number of nitro benzene ring substituents is 1. The highest BCUT2D eigenvalue weighted by atomic mass is 16.6. The SMILES string of the molecule is CC(Nc1ccc2[nH]ccc2c1)c1ccc([N+](=O)[O-])cc1. The maximum Gasteiger partial charge on any atom is 0.269 e. The third kappa shape index (κ3) is 2.72. The number of aromatic nitrogens is 1. The Labute approximate surface area is 121 Å². The number of nitro groups is 1. The van der Waals surface area contributed by atoms with Crippen molar-refractivity contribution in [1.82, 2.24) is 4.98 Å². The van der Waals surface area contributed by atoms with E-state index in [1.807, 2.05) is 31.3 Å². The van der Waals surface area contributed by atoms with E-state index in [4.69, 9.17) is 0 Å². The van der Waals surface area contributed by atoms with Crippen LogP contribution in [0, 0.1) is 10.1 Å². The summed E-state index contributed by atoms with van der Waals surface area (Å²) < 4.78 is 0. The summed E-state index contributed by atoms with van der Waals surface area (Å²) in [5.74, 6) is 0. The zero-order valence-electron chi connectivity index (χ0n) is 11.5. The van der Waals surface area contributed by atoms with Gasteiger partial charge in [0.2, 0.25) is 0 Å². The topological polar surface area (TPSA) is 71.0 Å². The summed E-state index contributed by atoms with van der Waals surface area (Å²) in [6.07, 6.45) is 1.91. The smallest absolute Gasteiger partial charge is 0.269 e. The summed E-state index contributed by atoms with van der Waals surface area (Å²) in [5.41, 5.74) is 3.24. The lowest BCUT2D eigenvalue weighted by molar-refractivity contribution is -0.384. The van der Waals surface area contributed by atoms with Crippen LogP contribution < -0.4 is 5.32 Å². The minimum atomic E-state index is -0.387. The predicted octanol–water partition coefficient (Wildman–Crippen LogP) is 4.25. The normalized spacial score (nSPS) is 12.2. The second-order valence-electron chi connectivity index (χ2n) is 4.99. The molecule has 0 amide bonds. The summed E-state index contributed by atoms with van der Waals surface area (Å²) in [7, 11) is 0. The van der Waals surface area contributed by atoms with Crippen LogP contribution in [0.4, 0.5) is 11.4 Å². The van der Waals surface area contributed by atoms with Gasteiger partial charge >= 0.3 is 0 Å². The number of nitrogens with zero attached hydrogens (tertiary/aromatic N) is 1. The number of rotatable bonds is 4. The number of aromatic amines is 1. The van der Waals surface area contributed by atoms with Gasteiger partial charge in [-0.2, -0.15) is 0 Å². The molecule has 5 heteroatoms. The fraction of sp³-hybridized carbons (Fsp3) is 0.125. The molecule has 0 radical (unpaired) electrons. The van der Waals surface area contributed by atoms with Crippen molar-refractivity contribution in [1.29, 1.82) is 0 Å². The van der Waals surface area contributed by atoms with Crippen molar-refractivity contribution in [3.8, 4) is 0 Å². The molecule has 1 aromatic heterocycles. The molecule has 2 aromatic carbocycles. The van der Waals surface area contributed by atoms with Gasteiger partial charge in [0.05, 0.1) is 4.92 Å². The Morgan fingerprint density at radius 2 is 1.90 bits per heavy atom. The van der Waals surface area contributed by atoms with Crippen LogP contribution in [0.25, 0.3) is 10.9 Å². The van der Waals surface area contributed by atoms with Crippen molar-refractivity contribution in [3.63, 3.8) is 0 Å². The number of nitrogens with one attached hydrogen (secondary N) is 2. The Morgan fingerprint density at radius 1 is 1.14 bits per heavy atom. The van der Waals surface area contributed by atoms with Crippen molar-refractivity contribution >= 4 is 22.3 Å². The molecule has 5 nitrogen and oxygen atoms in total. The van der Waals surface area contributed by atoms with Crippen LogP contribution >= 0.6 is 0 Å². The lowest BCUT2D eigenvalue weighted by Gasteiger charge is -2.15. The number of fused-ring (bicyclic) bond motifs is 1. The molecule has 0 saturated heterocycles. The molecule has 3 rings (SSSR count). The van der Waals surface area contributed by atoms with Gasteiger partial charge in [0.25, 0.3) is 5.69 Å². The Morgan fingerprint density at radius 3 is 2.62 bits per heavy atom. The quantitative estimate of drug-likeness (QED) is 0.554. The molecule has 0 fully saturated rings. The molecule has 0 bridgehead atoms. The molecule has 3 aromatic rings. The fourth-order valence-corrected chi connectivity index (χ4v) is 2.36. The molecular weight excluding hydrogens is 266 g/mol. The molecule has 0 saturated carbocycles. The number of non-ortho nitro benzene ring substituents is 1. The largest absolute Gasteiger partial charge is 0.379 e. The van der Waals surface area contributed by atoms with Crippen LogP contribution in [-0.2, 0) is 0 Å². The third-order valence-electron chi connectivity index (χ3n) is 3.54. The summed E-state index contributed by atoms with van der Waals surface area (Å²) >= 11 is 0. The van der Waals surface area contributed by atoms with E-state index in [0.717, 1.165) is 22.2 Å². The standard InChI is InChI=1S/C16H15N3O2/c1-11(12-2-5-15(6-3-12)19(20)21)18-14-4-7-16-13(10-14)8-9-17-16/h2-11,17-18H,1H3. The average Bonchev–Trinajstić information content (AvgIpc) is 2.95. The lowest BCUT2D eigenvalue weighted by Crippen LogP contribution is -2.06. The molecule has 106 valence electrons. The average molecular weight is 281 g/mol. The van der Waals surface area contributed by atoms with Crippen LogP contribution in [0.3, 0.4) is 0 Å². The van der Waals surface area contributed by atoms with Crippen molar-refractivity contribution in [2.24, 2.45) is 0 Å². The predicted molar refractivity (Wildman–Crippen MR) is 83.4 cm³/mol. The van der Waals surface area contributed by atoms with Crippen LogP contribution in [0.15, 0.2) is 54.7 Å². The van der Waals surface area contributed by atoms with E-state index in [1.165, 1.54) is 12.1 Å². The van der Waals surface area contributed by atoms with E-state index in [2.05, 4.69) is 16.4 Å². The number of anilines is 1. The Balaban J connectivity index is 1.78. The first-order valence-corrected chi connectivity index (χ1v) is 6.71. The first kappa shape index (κ1) is 13.2. The number of H-pyrrole nitrogens is 1. The summed E-state index contributed by atoms with van der Waals surface area (Å²) in [6.45, 7) is 2.03. The molecule has 1 atom stereocenters. The molecule has 2 N–H and O–H groups in total. The highest BCUT2D eigenvalue weighted by Crippen LogP contribution is 2.24. The molecule has 1 unspecified atom stereocenters. The third-order valence-corrected chi connectivity index (χ3v) is 3.54. The van der Waals surface area contributed by atoms with Crippen molar-refractivity contribution in [3.05, 3.63) is 70.4 Å². The second-order valence-corrected chi connectivity index (χ2v) is 4.99. The van der Waals surface area contributed by atoms with Gasteiger partial charge in [0, 0.05) is 41.0 Å². The maximum atomic E-state index is 10.7. The molecule has 1 heterocycles. The number of hydrogen-bond donors (Lipinski definition) is 2. The number of benzene rings is 2. The molecule has 0 aliphatic heterocycles. The van der Waals surface area contributed by atoms with Gasteiger partial charge in [-0.05, 0) is 36.8 Å². The van der Waals surface area contributed by atoms with Gasteiger partial charge in [-0.1, -0.05) is 12.1 Å². The minimum absolute atomic E-state index is 0.0715. The Hall–Kier alpha value is -2.82. The molecule has 0 aliphatic carbocycles. The zero-order valence-corrected chi connectivity index (χ0v) is 11.5. The van der Waals surface area contributed by atoms with E-state index in [1.54, 1.807) is 12.1 Å². The lowest BCUT2D eigenvalue weighted by atomic mass is 10.1. The van der Waals surface area contributed by atoms with E-state index < -0.39 is 0 Å². The van der Waals surface area contributed by atoms with Gasteiger partial charge < -0.3 is 10.3 Å². The zero-order chi connectivity index (χ0) is 14.8. The highest BCUT2D eigenvalue weighted by molar-refractivity contribution is 5.83. The Kier molecular flexibility index (Phi) is 3.31. The molecular formula is C16H15N3O2. The second kappa shape index (κ2) is 5.28. The summed E-state index contributed by atoms with van der Waals surface area (Å²) in [4.78, 5) is 13.4. The first-order valence-electron chi connectivity index (χ1n) is 6.71. The van der Waals surface area contributed by atoms with Crippen molar-refractivity contribution < 1.29 is 4.92 Å². The molecule has 21 heavy (non-hydrogen) atoms. The molecule has 0 aliphatic rings. The minimum Gasteiger partial charge on any atom is -0.379 e.